The lowest BCUT2D eigenvalue weighted by Crippen LogP contribution is -2.42. The number of amides is 1. The lowest BCUT2D eigenvalue weighted by molar-refractivity contribution is 0.0165. The minimum atomic E-state index is -3.72. The Morgan fingerprint density at radius 1 is 1.06 bits per heavy atom. The topological polar surface area (TPSA) is 84.9 Å². The van der Waals surface area contributed by atoms with Gasteiger partial charge in [0.1, 0.15) is 11.4 Å². The number of benzene rings is 2. The molecular weight excluding hydrogens is 428 g/mol. The summed E-state index contributed by atoms with van der Waals surface area (Å²) in [6.07, 6.45) is 1.32. The maximum atomic E-state index is 12.8. The molecule has 0 atom stereocenters. The third kappa shape index (κ3) is 6.63. The highest BCUT2D eigenvalue weighted by Gasteiger charge is 2.27. The van der Waals surface area contributed by atoms with E-state index < -0.39 is 15.6 Å². The summed E-state index contributed by atoms with van der Waals surface area (Å²) < 4.78 is 39.6. The van der Waals surface area contributed by atoms with Gasteiger partial charge >= 0.3 is 6.09 Å². The van der Waals surface area contributed by atoms with Crippen LogP contribution in [0.5, 0.6) is 5.75 Å². The molecule has 2 aromatic rings. The second kappa shape index (κ2) is 9.81. The van der Waals surface area contributed by atoms with Gasteiger partial charge in [0.05, 0.1) is 17.2 Å². The van der Waals surface area contributed by atoms with E-state index >= 15 is 0 Å². The zero-order valence-corrected chi connectivity index (χ0v) is 19.9. The van der Waals surface area contributed by atoms with Crippen molar-refractivity contribution in [2.45, 2.75) is 51.0 Å². The van der Waals surface area contributed by atoms with Crippen LogP contribution in [0.25, 0.3) is 0 Å². The van der Waals surface area contributed by atoms with Crippen molar-refractivity contribution in [3.63, 3.8) is 0 Å². The number of carbonyl (C=O) groups excluding carboxylic acids is 1. The van der Waals surface area contributed by atoms with E-state index in [0.717, 1.165) is 18.4 Å². The molecule has 0 saturated carbocycles. The number of sulfonamides is 1. The van der Waals surface area contributed by atoms with Gasteiger partial charge in [-0.25, -0.2) is 13.2 Å². The minimum absolute atomic E-state index is 0.201. The molecule has 0 unspecified atom stereocenters. The highest BCUT2D eigenvalue weighted by atomic mass is 32.2. The van der Waals surface area contributed by atoms with Gasteiger partial charge in [0.15, 0.2) is 0 Å². The summed E-state index contributed by atoms with van der Waals surface area (Å²) in [7, 11) is -3.72. The van der Waals surface area contributed by atoms with Crippen LogP contribution >= 0.6 is 0 Å². The maximum absolute atomic E-state index is 12.8. The van der Waals surface area contributed by atoms with Crippen LogP contribution in [0.4, 0.5) is 10.5 Å². The first-order chi connectivity index (χ1) is 15.0. The molecule has 0 aliphatic carbocycles. The fourth-order valence-corrected chi connectivity index (χ4v) is 4.48. The molecule has 0 aromatic heterocycles. The molecule has 1 aliphatic rings. The summed E-state index contributed by atoms with van der Waals surface area (Å²) in [6.45, 7) is 9.16. The number of nitrogens with zero attached hydrogens (tertiary/aromatic N) is 1. The van der Waals surface area contributed by atoms with Crippen LogP contribution in [0.1, 0.15) is 39.2 Å². The predicted molar refractivity (Wildman–Crippen MR) is 124 cm³/mol. The Balaban J connectivity index is 1.57. The minimum Gasteiger partial charge on any atom is -0.491 e. The lowest BCUT2D eigenvalue weighted by Gasteiger charge is -2.33. The number of piperidine rings is 1. The van der Waals surface area contributed by atoms with Crippen LogP contribution in [-0.2, 0) is 14.8 Å². The maximum Gasteiger partial charge on any atom is 0.410 e. The molecule has 7 nitrogen and oxygen atoms in total. The van der Waals surface area contributed by atoms with E-state index in [2.05, 4.69) is 4.72 Å². The molecule has 174 valence electrons. The van der Waals surface area contributed by atoms with Crippen molar-refractivity contribution in [1.29, 1.82) is 0 Å². The Morgan fingerprint density at radius 2 is 1.69 bits per heavy atom. The van der Waals surface area contributed by atoms with Crippen LogP contribution in [0.2, 0.25) is 0 Å². The van der Waals surface area contributed by atoms with Crippen molar-refractivity contribution >= 4 is 21.8 Å². The number of anilines is 1. The molecule has 1 aliphatic heterocycles. The van der Waals surface area contributed by atoms with Crippen LogP contribution in [0, 0.1) is 12.8 Å². The number of carbonyl (C=O) groups is 1. The third-order valence-electron chi connectivity index (χ3n) is 5.20. The number of hydrogen-bond acceptors (Lipinski definition) is 5. The zero-order chi connectivity index (χ0) is 23.4. The van der Waals surface area contributed by atoms with Crippen LogP contribution in [0.15, 0.2) is 53.4 Å². The number of para-hydroxylation sites is 2. The zero-order valence-electron chi connectivity index (χ0n) is 19.1. The Kier molecular flexibility index (Phi) is 7.33. The van der Waals surface area contributed by atoms with Crippen molar-refractivity contribution in [3.8, 4) is 5.75 Å². The molecule has 1 N–H and O–H groups in total. The van der Waals surface area contributed by atoms with E-state index in [1.807, 2.05) is 33.8 Å². The summed E-state index contributed by atoms with van der Waals surface area (Å²) in [5, 5.41) is 0. The summed E-state index contributed by atoms with van der Waals surface area (Å²) >= 11 is 0. The van der Waals surface area contributed by atoms with Gasteiger partial charge in [-0.05, 0) is 70.7 Å². The van der Waals surface area contributed by atoms with Crippen molar-refractivity contribution in [3.05, 3.63) is 54.1 Å². The van der Waals surface area contributed by atoms with E-state index in [0.29, 0.717) is 31.1 Å². The van der Waals surface area contributed by atoms with Crippen molar-refractivity contribution in [2.75, 3.05) is 24.4 Å². The van der Waals surface area contributed by atoms with Crippen LogP contribution in [-0.4, -0.2) is 44.7 Å². The van der Waals surface area contributed by atoms with Crippen molar-refractivity contribution < 1.29 is 22.7 Å². The van der Waals surface area contributed by atoms with Gasteiger partial charge in [-0.2, -0.15) is 0 Å². The average molecular weight is 461 g/mol. The summed E-state index contributed by atoms with van der Waals surface area (Å²) in [5.74, 6) is 0.758. The number of likely N-dealkylation sites (tertiary alicyclic amines) is 1. The molecule has 0 bridgehead atoms. The molecule has 32 heavy (non-hydrogen) atoms. The number of aryl methyl sites for hydroxylation is 1. The first-order valence-electron chi connectivity index (χ1n) is 10.8. The Bertz CT molecular complexity index is 1020. The SMILES string of the molecule is Cc1ccc(S(=O)(=O)Nc2ccccc2OCC2CCN(C(=O)OC(C)(C)C)CC2)cc1. The predicted octanol–water partition coefficient (Wildman–Crippen LogP) is 4.82. The van der Waals surface area contributed by atoms with Gasteiger partial charge < -0.3 is 14.4 Å². The number of rotatable bonds is 6. The molecule has 0 radical (unpaired) electrons. The molecule has 0 spiro atoms. The normalized spacial score (nSPS) is 15.3. The standard InChI is InChI=1S/C24H32N2O5S/c1-18-9-11-20(12-10-18)32(28,29)25-21-7-5-6-8-22(21)30-17-19-13-15-26(16-14-19)23(27)31-24(2,3)4/h5-12,19,25H,13-17H2,1-4H3. The molecule has 1 heterocycles. The first-order valence-corrected chi connectivity index (χ1v) is 12.3. The Labute approximate surface area is 190 Å². The number of ether oxygens (including phenoxy) is 2. The molecular formula is C24H32N2O5S. The van der Waals surface area contributed by atoms with E-state index in [9.17, 15) is 13.2 Å². The molecule has 2 aromatic carbocycles. The molecule has 8 heteroatoms. The van der Waals surface area contributed by atoms with Gasteiger partial charge in [0.2, 0.25) is 0 Å². The van der Waals surface area contributed by atoms with Gasteiger partial charge in [0.25, 0.3) is 10.0 Å². The molecule has 1 saturated heterocycles. The highest BCUT2D eigenvalue weighted by Crippen LogP contribution is 2.28. The Morgan fingerprint density at radius 3 is 2.31 bits per heavy atom. The number of nitrogens with one attached hydrogen (secondary N) is 1. The van der Waals surface area contributed by atoms with E-state index in [-0.39, 0.29) is 16.9 Å². The first kappa shape index (κ1) is 23.9. The van der Waals surface area contributed by atoms with Gasteiger partial charge in [-0.15, -0.1) is 0 Å². The fourth-order valence-electron chi connectivity index (χ4n) is 3.41. The van der Waals surface area contributed by atoms with Gasteiger partial charge in [-0.1, -0.05) is 29.8 Å². The third-order valence-corrected chi connectivity index (χ3v) is 6.58. The second-order valence-corrected chi connectivity index (χ2v) is 10.8. The van der Waals surface area contributed by atoms with Gasteiger partial charge in [-0.3, -0.25) is 4.72 Å². The van der Waals surface area contributed by atoms with Crippen LogP contribution < -0.4 is 9.46 Å². The monoisotopic (exact) mass is 460 g/mol. The van der Waals surface area contributed by atoms with Crippen molar-refractivity contribution in [2.24, 2.45) is 5.92 Å². The van der Waals surface area contributed by atoms with E-state index in [1.165, 1.54) is 0 Å². The second-order valence-electron chi connectivity index (χ2n) is 9.14. The lowest BCUT2D eigenvalue weighted by atomic mass is 9.98. The largest absolute Gasteiger partial charge is 0.491 e. The quantitative estimate of drug-likeness (QED) is 0.668. The average Bonchev–Trinajstić information content (AvgIpc) is 2.72. The molecule has 3 rings (SSSR count). The van der Waals surface area contributed by atoms with Crippen molar-refractivity contribution in [1.82, 2.24) is 4.90 Å². The summed E-state index contributed by atoms with van der Waals surface area (Å²) in [4.78, 5) is 14.1. The Hall–Kier alpha value is -2.74. The summed E-state index contributed by atoms with van der Waals surface area (Å²) in [5.41, 5.74) is 0.886. The smallest absolute Gasteiger partial charge is 0.410 e. The van der Waals surface area contributed by atoms with E-state index in [1.54, 1.807) is 47.4 Å². The summed E-state index contributed by atoms with van der Waals surface area (Å²) in [6, 6.07) is 13.7. The number of hydrogen-bond donors (Lipinski definition) is 1. The fraction of sp³-hybridized carbons (Fsp3) is 0.458. The highest BCUT2D eigenvalue weighted by molar-refractivity contribution is 7.92. The van der Waals surface area contributed by atoms with Gasteiger partial charge in [0, 0.05) is 13.1 Å². The molecule has 1 fully saturated rings. The van der Waals surface area contributed by atoms with E-state index in [4.69, 9.17) is 9.47 Å². The molecule has 1 amide bonds. The van der Waals surface area contributed by atoms with Crippen LogP contribution in [0.3, 0.4) is 0 Å².